The molecule has 0 aliphatic heterocycles. The Labute approximate surface area is 99.5 Å². The average Bonchev–Trinajstić information content (AvgIpc) is 2.74. The van der Waals surface area contributed by atoms with Crippen molar-refractivity contribution in [2.24, 2.45) is 5.73 Å². The number of nitriles is 1. The van der Waals surface area contributed by atoms with Crippen LogP contribution in [0, 0.1) is 18.3 Å². The molecule has 0 aliphatic carbocycles. The molecular weight excluding hydrogens is 214 g/mol. The van der Waals surface area contributed by atoms with Crippen molar-refractivity contribution in [1.29, 1.82) is 5.26 Å². The Morgan fingerprint density at radius 2 is 2.06 bits per heavy atom. The molecule has 5 nitrogen and oxygen atoms in total. The van der Waals surface area contributed by atoms with Gasteiger partial charge in [-0.3, -0.25) is 0 Å². The van der Waals surface area contributed by atoms with Crippen molar-refractivity contribution in [3.63, 3.8) is 0 Å². The molecule has 1 aromatic carbocycles. The third kappa shape index (κ3) is 2.17. The number of hydrogen-bond donors (Lipinski definition) is 1. The maximum absolute atomic E-state index is 8.75. The van der Waals surface area contributed by atoms with E-state index in [0.717, 1.165) is 11.3 Å². The number of nitrogens with two attached hydrogens (primary N) is 1. The molecule has 0 atom stereocenters. The van der Waals surface area contributed by atoms with Crippen LogP contribution in [0.5, 0.6) is 0 Å². The number of aromatic nitrogens is 3. The van der Waals surface area contributed by atoms with Crippen LogP contribution in [0.3, 0.4) is 0 Å². The van der Waals surface area contributed by atoms with Crippen LogP contribution in [0.4, 0.5) is 0 Å². The molecule has 0 aliphatic rings. The molecule has 0 saturated heterocycles. The summed E-state index contributed by atoms with van der Waals surface area (Å²) in [5.74, 6) is 0. The molecule has 0 radical (unpaired) electrons. The van der Waals surface area contributed by atoms with E-state index in [0.29, 0.717) is 12.2 Å². The van der Waals surface area contributed by atoms with Gasteiger partial charge in [-0.1, -0.05) is 35.0 Å². The van der Waals surface area contributed by atoms with Crippen molar-refractivity contribution < 1.29 is 0 Å². The second-order valence-corrected chi connectivity index (χ2v) is 3.77. The minimum absolute atomic E-state index is 0.177. The number of hydrogen-bond acceptors (Lipinski definition) is 4. The summed E-state index contributed by atoms with van der Waals surface area (Å²) in [5, 5.41) is 16.7. The molecule has 17 heavy (non-hydrogen) atoms. The quantitative estimate of drug-likeness (QED) is 0.855. The van der Waals surface area contributed by atoms with Crippen molar-refractivity contribution in [2.75, 3.05) is 0 Å². The zero-order chi connectivity index (χ0) is 12.3. The minimum Gasteiger partial charge on any atom is -0.325 e. The van der Waals surface area contributed by atoms with E-state index in [4.69, 9.17) is 11.0 Å². The summed E-state index contributed by atoms with van der Waals surface area (Å²) in [6, 6.07) is 10.1. The second kappa shape index (κ2) is 4.76. The average molecular weight is 227 g/mol. The number of nitrogens with zero attached hydrogens (tertiary/aromatic N) is 4. The summed E-state index contributed by atoms with van der Waals surface area (Å²) in [4.78, 5) is 0. The molecular formula is C12H13N5. The Hall–Kier alpha value is -2.19. The monoisotopic (exact) mass is 227 g/mol. The molecule has 0 unspecified atom stereocenters. The molecule has 5 heteroatoms. The zero-order valence-corrected chi connectivity index (χ0v) is 9.59. The van der Waals surface area contributed by atoms with Crippen LogP contribution < -0.4 is 5.73 Å². The minimum atomic E-state index is 0.177. The Kier molecular flexibility index (Phi) is 3.17. The van der Waals surface area contributed by atoms with Gasteiger partial charge in [-0.2, -0.15) is 5.26 Å². The van der Waals surface area contributed by atoms with Crippen LogP contribution in [0.25, 0.3) is 11.3 Å². The Balaban J connectivity index is 2.52. The topological polar surface area (TPSA) is 80.5 Å². The zero-order valence-electron chi connectivity index (χ0n) is 9.59. The van der Waals surface area contributed by atoms with Gasteiger partial charge in [-0.25, -0.2) is 4.68 Å². The van der Waals surface area contributed by atoms with Crippen LogP contribution in [0.2, 0.25) is 0 Å². The molecule has 2 aromatic rings. The number of aryl methyl sites for hydroxylation is 1. The molecule has 1 heterocycles. The smallest absolute Gasteiger partial charge is 0.130 e. The van der Waals surface area contributed by atoms with Crippen LogP contribution in [-0.4, -0.2) is 15.0 Å². The summed E-state index contributed by atoms with van der Waals surface area (Å²) in [7, 11) is 0. The molecule has 0 bridgehead atoms. The van der Waals surface area contributed by atoms with Gasteiger partial charge in [0.2, 0.25) is 0 Å². The third-order valence-corrected chi connectivity index (χ3v) is 2.54. The molecule has 0 amide bonds. The highest BCUT2D eigenvalue weighted by Gasteiger charge is 2.13. The van der Waals surface area contributed by atoms with E-state index in [1.807, 2.05) is 31.2 Å². The van der Waals surface area contributed by atoms with Crippen LogP contribution in [0.1, 0.15) is 11.3 Å². The molecule has 0 spiro atoms. The SMILES string of the molecule is Cc1ccc(-c2c(CN)nnn2CC#N)cc1. The van der Waals surface area contributed by atoms with Crippen molar-refractivity contribution in [1.82, 2.24) is 15.0 Å². The molecule has 2 rings (SSSR count). The Morgan fingerprint density at radius 1 is 1.35 bits per heavy atom. The number of rotatable bonds is 3. The van der Waals surface area contributed by atoms with Gasteiger partial charge in [-0.15, -0.1) is 5.10 Å². The van der Waals surface area contributed by atoms with Gasteiger partial charge in [0.15, 0.2) is 0 Å². The van der Waals surface area contributed by atoms with E-state index >= 15 is 0 Å². The summed E-state index contributed by atoms with van der Waals surface area (Å²) in [6.45, 7) is 2.52. The Morgan fingerprint density at radius 3 is 2.65 bits per heavy atom. The van der Waals surface area contributed by atoms with E-state index in [1.54, 1.807) is 4.68 Å². The van der Waals surface area contributed by atoms with Crippen LogP contribution >= 0.6 is 0 Å². The molecule has 2 N–H and O–H groups in total. The number of benzene rings is 1. The van der Waals surface area contributed by atoms with Crippen molar-refractivity contribution >= 4 is 0 Å². The largest absolute Gasteiger partial charge is 0.325 e. The van der Waals surface area contributed by atoms with Crippen molar-refractivity contribution in [2.45, 2.75) is 20.0 Å². The summed E-state index contributed by atoms with van der Waals surface area (Å²) in [6.07, 6.45) is 0. The van der Waals surface area contributed by atoms with E-state index < -0.39 is 0 Å². The van der Waals surface area contributed by atoms with Gasteiger partial charge in [0.05, 0.1) is 11.8 Å². The van der Waals surface area contributed by atoms with E-state index in [-0.39, 0.29) is 6.54 Å². The molecule has 1 aromatic heterocycles. The summed E-state index contributed by atoms with van der Waals surface area (Å²) < 4.78 is 1.58. The standard InChI is InChI=1S/C12H13N5/c1-9-2-4-10(5-3-9)12-11(8-14)15-16-17(12)7-6-13/h2-5H,7-8,14H2,1H3. The maximum atomic E-state index is 8.75. The molecule has 0 fully saturated rings. The highest BCUT2D eigenvalue weighted by Crippen LogP contribution is 2.22. The Bertz CT molecular complexity index is 547. The lowest BCUT2D eigenvalue weighted by Crippen LogP contribution is -2.03. The predicted molar refractivity (Wildman–Crippen MR) is 63.7 cm³/mol. The van der Waals surface area contributed by atoms with Crippen molar-refractivity contribution in [3.05, 3.63) is 35.5 Å². The van der Waals surface area contributed by atoms with Gasteiger partial charge >= 0.3 is 0 Å². The van der Waals surface area contributed by atoms with Crippen LogP contribution in [-0.2, 0) is 13.1 Å². The third-order valence-electron chi connectivity index (χ3n) is 2.54. The van der Waals surface area contributed by atoms with Gasteiger partial charge in [0, 0.05) is 12.1 Å². The van der Waals surface area contributed by atoms with E-state index in [1.165, 1.54) is 5.56 Å². The maximum Gasteiger partial charge on any atom is 0.130 e. The summed E-state index contributed by atoms with van der Waals surface area (Å²) in [5.41, 5.74) is 9.33. The molecule has 86 valence electrons. The fraction of sp³-hybridized carbons (Fsp3) is 0.250. The first-order valence-electron chi connectivity index (χ1n) is 5.32. The lowest BCUT2D eigenvalue weighted by Gasteiger charge is -2.05. The summed E-state index contributed by atoms with van der Waals surface area (Å²) >= 11 is 0. The first kappa shape index (κ1) is 11.3. The first-order chi connectivity index (χ1) is 8.26. The van der Waals surface area contributed by atoms with Crippen molar-refractivity contribution in [3.8, 4) is 17.3 Å². The highest BCUT2D eigenvalue weighted by atomic mass is 15.4. The highest BCUT2D eigenvalue weighted by molar-refractivity contribution is 5.62. The fourth-order valence-electron chi connectivity index (χ4n) is 1.69. The predicted octanol–water partition coefficient (Wildman–Crippen LogP) is 1.24. The normalized spacial score (nSPS) is 10.2. The first-order valence-corrected chi connectivity index (χ1v) is 5.32. The van der Waals surface area contributed by atoms with Gasteiger partial charge in [0.1, 0.15) is 12.2 Å². The van der Waals surface area contributed by atoms with E-state index in [2.05, 4.69) is 16.4 Å². The lowest BCUT2D eigenvalue weighted by atomic mass is 10.1. The fourth-order valence-corrected chi connectivity index (χ4v) is 1.69. The van der Waals surface area contributed by atoms with Gasteiger partial charge in [0.25, 0.3) is 0 Å². The van der Waals surface area contributed by atoms with Crippen LogP contribution in [0.15, 0.2) is 24.3 Å². The van der Waals surface area contributed by atoms with Gasteiger partial charge < -0.3 is 5.73 Å². The molecule has 0 saturated carbocycles. The lowest BCUT2D eigenvalue weighted by molar-refractivity contribution is 0.673. The van der Waals surface area contributed by atoms with E-state index in [9.17, 15) is 0 Å². The van der Waals surface area contributed by atoms with Gasteiger partial charge in [-0.05, 0) is 6.92 Å². The second-order valence-electron chi connectivity index (χ2n) is 3.77.